The van der Waals surface area contributed by atoms with Crippen molar-refractivity contribution >= 4 is 5.97 Å². The normalized spacial score (nSPS) is 34.5. The van der Waals surface area contributed by atoms with Crippen molar-refractivity contribution in [2.45, 2.75) is 50.7 Å². The van der Waals surface area contributed by atoms with Crippen molar-refractivity contribution in [2.75, 3.05) is 6.61 Å². The molecule has 0 amide bonds. The zero-order chi connectivity index (χ0) is 19.7. The molecule has 2 aliphatic carbocycles. The Bertz CT molecular complexity index is 750. The van der Waals surface area contributed by atoms with Gasteiger partial charge >= 0.3 is 5.97 Å². The number of hydrogen-bond acceptors (Lipinski definition) is 4. The van der Waals surface area contributed by atoms with E-state index in [4.69, 9.17) is 10.3 Å². The molecule has 6 nitrogen and oxygen atoms in total. The van der Waals surface area contributed by atoms with E-state index in [1.165, 1.54) is 0 Å². The van der Waals surface area contributed by atoms with E-state index in [2.05, 4.69) is 10.0 Å². The van der Waals surface area contributed by atoms with Crippen LogP contribution in [0, 0.1) is 22.8 Å². The van der Waals surface area contributed by atoms with E-state index >= 15 is 0 Å². The molecule has 0 aliphatic heterocycles. The second-order valence-corrected chi connectivity index (χ2v) is 7.93. The molecule has 0 radical (unpaired) electrons. The number of halogens is 2. The number of rotatable bonds is 6. The van der Waals surface area contributed by atoms with Crippen molar-refractivity contribution in [1.29, 1.82) is 5.53 Å². The summed E-state index contributed by atoms with van der Waals surface area (Å²) in [5, 5.41) is 13.7. The third kappa shape index (κ3) is 3.39. The standard InChI is InChI=1S/C19H23F2N3O3/c1-17(12-27-11-13-5-3-2-4-6-13)15-7-8-18(20,21)9-14(15)10-19(17,16(25)26)23-24-22/h2-6,14-15,22H,7-12H2,1H3/p+1/t14-,15+,17-,19?/m0/s1. The van der Waals surface area contributed by atoms with Gasteiger partial charge in [-0.3, -0.25) is 0 Å². The van der Waals surface area contributed by atoms with E-state index in [1.807, 2.05) is 30.3 Å². The number of carboxylic acid groups (broad SMARTS) is 1. The molecule has 0 aromatic heterocycles. The van der Waals surface area contributed by atoms with Crippen LogP contribution in [0.4, 0.5) is 8.78 Å². The van der Waals surface area contributed by atoms with Crippen LogP contribution in [0.25, 0.3) is 0 Å². The van der Waals surface area contributed by atoms with Gasteiger partial charge in [-0.1, -0.05) is 37.3 Å². The minimum absolute atomic E-state index is 0.0455. The molecule has 2 N–H and O–H groups in total. The van der Waals surface area contributed by atoms with E-state index in [1.54, 1.807) is 6.92 Å². The van der Waals surface area contributed by atoms with E-state index in [-0.39, 0.29) is 44.8 Å². The Balaban J connectivity index is 1.89. The van der Waals surface area contributed by atoms with Crippen LogP contribution in [0.1, 0.15) is 38.2 Å². The minimum Gasteiger partial charge on any atom is -0.479 e. The molecule has 0 saturated heterocycles. The van der Waals surface area contributed by atoms with Crippen molar-refractivity contribution in [3.63, 3.8) is 0 Å². The van der Waals surface area contributed by atoms with Crippen LogP contribution >= 0.6 is 0 Å². The molecule has 1 unspecified atom stereocenters. The first-order valence-corrected chi connectivity index (χ1v) is 9.06. The Morgan fingerprint density at radius 1 is 1.37 bits per heavy atom. The fourth-order valence-electron chi connectivity index (χ4n) is 5.00. The SMILES string of the molecule is C[C@]1(COCc2ccccc2)[C@@H]2CCC(F)(F)C[C@H]2CC1(N=[N+]=N)C(=O)O. The summed E-state index contributed by atoms with van der Waals surface area (Å²) in [5.41, 5.74) is 5.32. The van der Waals surface area contributed by atoms with Crippen molar-refractivity contribution in [2.24, 2.45) is 22.4 Å². The molecule has 4 atom stereocenters. The molecule has 2 saturated carbocycles. The van der Waals surface area contributed by atoms with Crippen LogP contribution in [0.3, 0.4) is 0 Å². The lowest BCUT2D eigenvalue weighted by Gasteiger charge is -2.41. The summed E-state index contributed by atoms with van der Waals surface area (Å²) in [7, 11) is 0. The largest absolute Gasteiger partial charge is 0.479 e. The predicted octanol–water partition coefficient (Wildman–Crippen LogP) is 4.04. The maximum atomic E-state index is 13.9. The number of fused-ring (bicyclic) bond motifs is 1. The second-order valence-electron chi connectivity index (χ2n) is 7.93. The summed E-state index contributed by atoms with van der Waals surface area (Å²) >= 11 is 0. The monoisotopic (exact) mass is 380 g/mol. The van der Waals surface area contributed by atoms with Gasteiger partial charge in [0.1, 0.15) is 10.6 Å². The maximum Gasteiger partial charge on any atom is 0.339 e. The number of benzene rings is 1. The number of nitrogens with zero attached hydrogens (tertiary/aromatic N) is 2. The zero-order valence-corrected chi connectivity index (χ0v) is 15.2. The molecule has 3 rings (SSSR count). The highest BCUT2D eigenvalue weighted by molar-refractivity contribution is 5.81. The molecule has 2 aliphatic rings. The van der Waals surface area contributed by atoms with Gasteiger partial charge in [-0.25, -0.2) is 13.6 Å². The number of aliphatic carboxylic acids is 1. The van der Waals surface area contributed by atoms with Crippen LogP contribution in [-0.2, 0) is 16.1 Å². The van der Waals surface area contributed by atoms with Gasteiger partial charge in [0.25, 0.3) is 0 Å². The molecule has 2 fully saturated rings. The quantitative estimate of drug-likeness (QED) is 0.576. The van der Waals surface area contributed by atoms with Gasteiger partial charge in [-0.05, 0) is 30.2 Å². The van der Waals surface area contributed by atoms with Gasteiger partial charge in [-0.15, -0.1) is 0 Å². The van der Waals surface area contributed by atoms with Crippen LogP contribution < -0.4 is 4.91 Å². The number of carboxylic acids is 1. The average Bonchev–Trinajstić information content (AvgIpc) is 2.84. The molecular weight excluding hydrogens is 356 g/mol. The summed E-state index contributed by atoms with van der Waals surface area (Å²) in [5.74, 6) is -4.78. The Labute approximate surface area is 156 Å². The number of alkyl halides is 2. The molecule has 1 aromatic carbocycles. The molecule has 0 heterocycles. The smallest absolute Gasteiger partial charge is 0.339 e. The third-order valence-electron chi connectivity index (χ3n) is 6.36. The molecule has 8 heteroatoms. The highest BCUT2D eigenvalue weighted by Gasteiger charge is 2.71. The topological polar surface area (TPSA) is 96.8 Å². The Kier molecular flexibility index (Phi) is 5.14. The van der Waals surface area contributed by atoms with Crippen LogP contribution in [-0.4, -0.2) is 29.1 Å². The summed E-state index contributed by atoms with van der Waals surface area (Å²) in [4.78, 5) is 15.2. The minimum atomic E-state index is -2.79. The lowest BCUT2D eigenvalue weighted by atomic mass is 9.65. The Hall–Kier alpha value is -2.18. The highest BCUT2D eigenvalue weighted by atomic mass is 19.3. The fraction of sp³-hybridized carbons (Fsp3) is 0.632. The number of ether oxygens (including phenoxy) is 1. The maximum absolute atomic E-state index is 13.9. The van der Waals surface area contributed by atoms with E-state index in [9.17, 15) is 18.7 Å². The van der Waals surface area contributed by atoms with E-state index in [0.717, 1.165) is 5.56 Å². The number of carbonyl (C=O) groups is 1. The van der Waals surface area contributed by atoms with E-state index < -0.39 is 28.8 Å². The molecule has 0 bridgehead atoms. The summed E-state index contributed by atoms with van der Waals surface area (Å²) in [6, 6.07) is 9.44. The molecular formula is C19H24F2N3O3+. The van der Waals surface area contributed by atoms with Gasteiger partial charge in [0.05, 0.1) is 13.2 Å². The summed E-state index contributed by atoms with van der Waals surface area (Å²) in [6.45, 7) is 2.08. The summed E-state index contributed by atoms with van der Waals surface area (Å²) < 4.78 is 33.7. The van der Waals surface area contributed by atoms with Gasteiger partial charge in [0.2, 0.25) is 16.4 Å². The molecule has 0 spiro atoms. The summed E-state index contributed by atoms with van der Waals surface area (Å²) in [6.07, 6.45) is -0.452. The lowest BCUT2D eigenvalue weighted by molar-refractivity contribution is -0.151. The van der Waals surface area contributed by atoms with Crippen LogP contribution in [0.2, 0.25) is 0 Å². The molecule has 1 aromatic rings. The fourth-order valence-corrected chi connectivity index (χ4v) is 5.00. The van der Waals surface area contributed by atoms with Gasteiger partial charge in [0.15, 0.2) is 0 Å². The van der Waals surface area contributed by atoms with Crippen molar-refractivity contribution in [1.82, 2.24) is 4.91 Å². The number of nitrogens with one attached hydrogen (secondary N) is 1. The van der Waals surface area contributed by atoms with Crippen molar-refractivity contribution in [3.8, 4) is 0 Å². The Morgan fingerprint density at radius 2 is 2.07 bits per heavy atom. The first-order valence-electron chi connectivity index (χ1n) is 9.06. The van der Waals surface area contributed by atoms with Crippen LogP contribution in [0.5, 0.6) is 0 Å². The molecule has 27 heavy (non-hydrogen) atoms. The highest BCUT2D eigenvalue weighted by Crippen LogP contribution is 2.62. The zero-order valence-electron chi connectivity index (χ0n) is 15.2. The van der Waals surface area contributed by atoms with Gasteiger partial charge in [-0.2, -0.15) is 0 Å². The van der Waals surface area contributed by atoms with E-state index in [0.29, 0.717) is 0 Å². The molecule has 146 valence electrons. The predicted molar refractivity (Wildman–Crippen MR) is 92.2 cm³/mol. The van der Waals surface area contributed by atoms with Crippen molar-refractivity contribution < 1.29 is 23.4 Å². The third-order valence-corrected chi connectivity index (χ3v) is 6.36. The van der Waals surface area contributed by atoms with Gasteiger partial charge in [0, 0.05) is 18.3 Å². The average molecular weight is 380 g/mol. The first-order chi connectivity index (χ1) is 12.7. The van der Waals surface area contributed by atoms with Gasteiger partial charge < -0.3 is 9.84 Å². The first kappa shape index (κ1) is 19.6. The second kappa shape index (κ2) is 7.09. The number of hydrogen-bond donors (Lipinski definition) is 2. The van der Waals surface area contributed by atoms with Crippen molar-refractivity contribution in [3.05, 3.63) is 35.9 Å². The lowest BCUT2D eigenvalue weighted by Crippen LogP contribution is -2.52. The van der Waals surface area contributed by atoms with Crippen LogP contribution in [0.15, 0.2) is 35.4 Å². The Morgan fingerprint density at radius 3 is 2.70 bits per heavy atom.